The number of carbonyl (C=O) groups excluding carboxylic acids is 2. The van der Waals surface area contributed by atoms with Gasteiger partial charge < -0.3 is 25.4 Å². The molecule has 4 aromatic rings. The molecule has 43 heavy (non-hydrogen) atoms. The summed E-state index contributed by atoms with van der Waals surface area (Å²) in [5.74, 6) is 0.365. The Bertz CT molecular complexity index is 1570. The van der Waals surface area contributed by atoms with E-state index in [2.05, 4.69) is 15.6 Å². The smallest absolute Gasteiger partial charge is 0.254 e. The predicted molar refractivity (Wildman–Crippen MR) is 170 cm³/mol. The van der Waals surface area contributed by atoms with Crippen molar-refractivity contribution < 1.29 is 19.4 Å². The molecule has 1 aliphatic rings. The first-order chi connectivity index (χ1) is 20.8. The molecule has 0 spiro atoms. The normalized spacial score (nSPS) is 16.0. The highest BCUT2D eigenvalue weighted by Gasteiger charge is 2.32. The Labute approximate surface area is 256 Å². The minimum atomic E-state index is -0.819. The molecule has 9 heteroatoms. The van der Waals surface area contributed by atoms with E-state index in [1.54, 1.807) is 49.6 Å². The van der Waals surface area contributed by atoms with Crippen LogP contribution in [0.3, 0.4) is 0 Å². The molecule has 0 radical (unpaired) electrons. The minimum Gasteiger partial charge on any atom is -0.497 e. The van der Waals surface area contributed by atoms with Crippen molar-refractivity contribution in [2.24, 2.45) is 0 Å². The first-order valence-corrected chi connectivity index (χ1v) is 15.5. The third kappa shape index (κ3) is 7.42. The number of anilines is 1. The molecule has 1 aromatic heterocycles. The molecule has 0 bridgehead atoms. The number of thiazole rings is 1. The van der Waals surface area contributed by atoms with Gasteiger partial charge in [-0.25, -0.2) is 4.98 Å². The zero-order valence-electron chi connectivity index (χ0n) is 24.7. The zero-order valence-corrected chi connectivity index (χ0v) is 25.6. The van der Waals surface area contributed by atoms with E-state index in [4.69, 9.17) is 4.74 Å². The Morgan fingerprint density at radius 2 is 1.88 bits per heavy atom. The number of aromatic nitrogens is 1. The molecular weight excluding hydrogens is 560 g/mol. The highest BCUT2D eigenvalue weighted by molar-refractivity contribution is 7.09. The van der Waals surface area contributed by atoms with E-state index in [1.807, 2.05) is 65.7 Å². The van der Waals surface area contributed by atoms with Crippen molar-refractivity contribution in [3.05, 3.63) is 111 Å². The van der Waals surface area contributed by atoms with Gasteiger partial charge in [-0.15, -0.1) is 11.3 Å². The number of aliphatic hydroxyl groups excluding tert-OH is 1. The summed E-state index contributed by atoms with van der Waals surface area (Å²) in [6, 6.07) is 22.0. The number of para-hydroxylation sites is 1. The van der Waals surface area contributed by atoms with Crippen LogP contribution in [0.5, 0.6) is 5.75 Å². The Balaban J connectivity index is 1.20. The number of methoxy groups -OCH3 is 1. The van der Waals surface area contributed by atoms with Crippen LogP contribution in [-0.2, 0) is 13.0 Å². The third-order valence-corrected chi connectivity index (χ3v) is 8.87. The van der Waals surface area contributed by atoms with Gasteiger partial charge in [-0.3, -0.25) is 9.59 Å². The monoisotopic (exact) mass is 598 g/mol. The fourth-order valence-electron chi connectivity index (χ4n) is 5.39. The van der Waals surface area contributed by atoms with Crippen LogP contribution in [0.25, 0.3) is 0 Å². The van der Waals surface area contributed by atoms with Crippen molar-refractivity contribution in [1.29, 1.82) is 0 Å². The van der Waals surface area contributed by atoms with Gasteiger partial charge in [0.05, 0.1) is 25.3 Å². The number of hydrogen-bond acceptors (Lipinski definition) is 7. The second-order valence-electron chi connectivity index (χ2n) is 11.0. The Morgan fingerprint density at radius 3 is 2.67 bits per heavy atom. The maximum atomic E-state index is 13.5. The topological polar surface area (TPSA) is 104 Å². The van der Waals surface area contributed by atoms with Crippen LogP contribution < -0.4 is 15.4 Å². The van der Waals surface area contributed by atoms with E-state index in [1.165, 1.54) is 0 Å². The van der Waals surface area contributed by atoms with Gasteiger partial charge in [0.25, 0.3) is 11.8 Å². The quantitative estimate of drug-likeness (QED) is 0.203. The molecule has 3 aromatic carbocycles. The van der Waals surface area contributed by atoms with Crippen LogP contribution in [-0.4, -0.2) is 52.6 Å². The summed E-state index contributed by atoms with van der Waals surface area (Å²) in [4.78, 5) is 33.1. The number of nitrogens with one attached hydrogen (secondary N) is 2. The lowest BCUT2D eigenvalue weighted by Crippen LogP contribution is -2.42. The van der Waals surface area contributed by atoms with Crippen LogP contribution in [0.2, 0.25) is 0 Å². The molecule has 8 nitrogen and oxygen atoms in total. The highest BCUT2D eigenvalue weighted by Crippen LogP contribution is 2.35. The largest absolute Gasteiger partial charge is 0.497 e. The summed E-state index contributed by atoms with van der Waals surface area (Å²) in [6.45, 7) is 5.01. The standard InChI is InChI=1S/C34H38N4O4S/c1-22-21-43-33(36-22)30-15-8-16-38(30)34(41)27-12-7-11-26(18-27)32(40)37-23(2)31(39)19-25-10-4-5-14-29(25)35-20-24-9-6-13-28(17-24)42-3/h4-7,9-14,17-18,21,23,30-31,35,39H,8,15-16,19-20H2,1-3H3,(H,37,40)/t23-,30-,31+/m0/s1. The molecule has 2 heterocycles. The van der Waals surface area contributed by atoms with E-state index in [0.29, 0.717) is 30.6 Å². The number of likely N-dealkylation sites (tertiary alicyclic amines) is 1. The summed E-state index contributed by atoms with van der Waals surface area (Å²) in [5, 5.41) is 20.4. The van der Waals surface area contributed by atoms with Gasteiger partial charge in [-0.2, -0.15) is 0 Å². The summed E-state index contributed by atoms with van der Waals surface area (Å²) in [6.07, 6.45) is 1.34. The molecule has 1 aliphatic heterocycles. The first kappa shape index (κ1) is 30.3. The van der Waals surface area contributed by atoms with Gasteiger partial charge in [0, 0.05) is 47.4 Å². The predicted octanol–water partition coefficient (Wildman–Crippen LogP) is 5.77. The van der Waals surface area contributed by atoms with E-state index in [-0.39, 0.29) is 17.9 Å². The Hall–Kier alpha value is -4.21. The summed E-state index contributed by atoms with van der Waals surface area (Å²) < 4.78 is 5.32. The van der Waals surface area contributed by atoms with Crippen molar-refractivity contribution in [2.45, 2.75) is 57.8 Å². The van der Waals surface area contributed by atoms with Crippen molar-refractivity contribution in [2.75, 3.05) is 19.0 Å². The van der Waals surface area contributed by atoms with Crippen molar-refractivity contribution in [3.8, 4) is 5.75 Å². The minimum absolute atomic E-state index is 0.0354. The van der Waals surface area contributed by atoms with Crippen LogP contribution >= 0.6 is 11.3 Å². The molecule has 3 N–H and O–H groups in total. The lowest BCUT2D eigenvalue weighted by atomic mass is 10.0. The molecule has 5 rings (SSSR count). The molecule has 0 unspecified atom stereocenters. The summed E-state index contributed by atoms with van der Waals surface area (Å²) in [5.41, 5.74) is 4.75. The van der Waals surface area contributed by atoms with Crippen LogP contribution in [0, 0.1) is 6.92 Å². The van der Waals surface area contributed by atoms with Crippen LogP contribution in [0.15, 0.2) is 78.2 Å². The fraction of sp³-hybridized carbons (Fsp3) is 0.324. The van der Waals surface area contributed by atoms with Crippen LogP contribution in [0.1, 0.15) is 68.4 Å². The first-order valence-electron chi connectivity index (χ1n) is 14.6. The number of benzene rings is 3. The van der Waals surface area contributed by atoms with Crippen molar-refractivity contribution in [1.82, 2.24) is 15.2 Å². The molecule has 0 saturated carbocycles. The highest BCUT2D eigenvalue weighted by atomic mass is 32.1. The number of nitrogens with zero attached hydrogens (tertiary/aromatic N) is 2. The van der Waals surface area contributed by atoms with E-state index >= 15 is 0 Å². The number of aliphatic hydroxyl groups is 1. The van der Waals surface area contributed by atoms with Gasteiger partial charge in [-0.1, -0.05) is 36.4 Å². The van der Waals surface area contributed by atoms with Gasteiger partial charge in [-0.05, 0) is 74.2 Å². The number of hydrogen-bond donors (Lipinski definition) is 3. The average Bonchev–Trinajstić information content (AvgIpc) is 3.69. The summed E-state index contributed by atoms with van der Waals surface area (Å²) >= 11 is 1.58. The second-order valence-corrected chi connectivity index (χ2v) is 11.9. The van der Waals surface area contributed by atoms with E-state index < -0.39 is 12.1 Å². The fourth-order valence-corrected chi connectivity index (χ4v) is 6.33. The average molecular weight is 599 g/mol. The molecular formula is C34H38N4O4S. The Morgan fingerprint density at radius 1 is 1.09 bits per heavy atom. The SMILES string of the molecule is COc1cccc(CNc2ccccc2C[C@@H](O)[C@H](C)NC(=O)c2cccc(C(=O)N3CCC[C@H]3c3nc(C)cs3)c2)c1. The molecule has 0 aliphatic carbocycles. The molecule has 1 saturated heterocycles. The Kier molecular flexibility index (Phi) is 9.74. The second kappa shape index (κ2) is 13.8. The van der Waals surface area contributed by atoms with Gasteiger partial charge in [0.15, 0.2) is 0 Å². The van der Waals surface area contributed by atoms with Crippen LogP contribution in [0.4, 0.5) is 5.69 Å². The molecule has 224 valence electrons. The number of carbonyl (C=O) groups is 2. The number of amides is 2. The number of aryl methyl sites for hydroxylation is 1. The molecule has 3 atom stereocenters. The van der Waals surface area contributed by atoms with Gasteiger partial charge in [0.1, 0.15) is 10.8 Å². The third-order valence-electron chi connectivity index (χ3n) is 7.81. The van der Waals surface area contributed by atoms with Gasteiger partial charge in [0.2, 0.25) is 0 Å². The lowest BCUT2D eigenvalue weighted by molar-refractivity contribution is 0.0735. The molecule has 1 fully saturated rings. The number of rotatable bonds is 11. The van der Waals surface area contributed by atoms with E-state index in [9.17, 15) is 14.7 Å². The van der Waals surface area contributed by atoms with Gasteiger partial charge >= 0.3 is 0 Å². The van der Waals surface area contributed by atoms with E-state index in [0.717, 1.165) is 46.1 Å². The maximum Gasteiger partial charge on any atom is 0.254 e. The van der Waals surface area contributed by atoms with Crippen molar-refractivity contribution in [3.63, 3.8) is 0 Å². The zero-order chi connectivity index (χ0) is 30.3. The van der Waals surface area contributed by atoms with Crippen molar-refractivity contribution >= 4 is 28.8 Å². The molecule has 2 amide bonds. The lowest BCUT2D eigenvalue weighted by Gasteiger charge is -2.24. The number of ether oxygens (including phenoxy) is 1. The maximum absolute atomic E-state index is 13.5. The summed E-state index contributed by atoms with van der Waals surface area (Å²) in [7, 11) is 1.65.